The molecule has 2 unspecified atom stereocenters. The standard InChI is InChI=1S/C55H70BrN9O10S2/c1-37(2)50(65-33-42-8-5-6-9-45(42)53(65)67)54(68)64-15-7-10-47(64)52(66)59-30-41-13-12-40(51-39(4)62-36-77-51)29-49(41)73-25-24-72-23-22-71-21-20-70-19-18-69-17-16-63(58)34-43(57)35-75-44-31-60-55(61-32-44)76-27-26-74-48-14-11-38(3)28-46(48)56/h5-6,8-9,11-14,28-29,31-32,34,36-37,47,50H,7,10,15-27,30,33,35,57-58H2,1-4H3,(H,59,66)/b43-34-. The van der Waals surface area contributed by atoms with Gasteiger partial charge in [0.15, 0.2) is 10.9 Å². The third-order valence-electron chi connectivity index (χ3n) is 12.5. The summed E-state index contributed by atoms with van der Waals surface area (Å²) in [6, 6.07) is 18.0. The van der Waals surface area contributed by atoms with Crippen LogP contribution in [0.5, 0.6) is 17.2 Å². The zero-order chi connectivity index (χ0) is 54.5. The summed E-state index contributed by atoms with van der Waals surface area (Å²) in [5, 5.41) is 5.14. The number of thiazole rings is 1. The van der Waals surface area contributed by atoms with Crippen LogP contribution in [-0.2, 0) is 41.6 Å². The van der Waals surface area contributed by atoms with Gasteiger partial charge in [0.25, 0.3) is 5.91 Å². The van der Waals surface area contributed by atoms with E-state index in [0.29, 0.717) is 126 Å². The van der Waals surface area contributed by atoms with Crippen molar-refractivity contribution >= 4 is 56.8 Å². The van der Waals surface area contributed by atoms with Crippen LogP contribution in [0, 0.1) is 19.8 Å². The Morgan fingerprint density at radius 1 is 0.883 bits per heavy atom. The van der Waals surface area contributed by atoms with Gasteiger partial charge in [-0.2, -0.15) is 0 Å². The van der Waals surface area contributed by atoms with Crippen LogP contribution in [0.4, 0.5) is 0 Å². The van der Waals surface area contributed by atoms with Crippen molar-refractivity contribution in [2.75, 3.05) is 91.5 Å². The Morgan fingerprint density at radius 3 is 2.27 bits per heavy atom. The summed E-state index contributed by atoms with van der Waals surface area (Å²) in [6.45, 7) is 13.3. The maximum absolute atomic E-state index is 14.2. The Hall–Kier alpha value is -5.85. The number of fused-ring (bicyclic) bond motifs is 1. The van der Waals surface area contributed by atoms with Gasteiger partial charge < -0.3 is 59.0 Å². The lowest BCUT2D eigenvalue weighted by atomic mass is 10.0. The second-order valence-corrected chi connectivity index (χ2v) is 21.4. The number of rotatable bonds is 32. The number of nitrogens with two attached hydrogens (primary N) is 2. The van der Waals surface area contributed by atoms with Gasteiger partial charge in [0.1, 0.15) is 36.8 Å². The number of hydrogen-bond acceptors (Lipinski definition) is 18. The zero-order valence-electron chi connectivity index (χ0n) is 44.2. The summed E-state index contributed by atoms with van der Waals surface area (Å²) >= 11 is 6.56. The summed E-state index contributed by atoms with van der Waals surface area (Å²) in [5.41, 5.74) is 13.7. The van der Waals surface area contributed by atoms with Gasteiger partial charge in [-0.3, -0.25) is 14.4 Å². The predicted octanol–water partition coefficient (Wildman–Crippen LogP) is 6.94. The predicted molar refractivity (Wildman–Crippen MR) is 298 cm³/mol. The number of likely N-dealkylation sites (tertiary alicyclic amines) is 1. The first-order chi connectivity index (χ1) is 37.4. The van der Waals surface area contributed by atoms with E-state index in [1.165, 1.54) is 16.8 Å². The van der Waals surface area contributed by atoms with Gasteiger partial charge in [-0.05, 0) is 89.5 Å². The molecule has 1 saturated heterocycles. The van der Waals surface area contributed by atoms with Gasteiger partial charge >= 0.3 is 0 Å². The zero-order valence-corrected chi connectivity index (χ0v) is 47.4. The molecule has 2 aliphatic heterocycles. The van der Waals surface area contributed by atoms with E-state index >= 15 is 0 Å². The highest BCUT2D eigenvalue weighted by molar-refractivity contribution is 9.10. The largest absolute Gasteiger partial charge is 0.492 e. The van der Waals surface area contributed by atoms with E-state index < -0.39 is 12.1 Å². The first kappa shape index (κ1) is 58.8. The number of halogens is 1. The molecule has 5 N–H and O–H groups in total. The summed E-state index contributed by atoms with van der Waals surface area (Å²) in [7, 11) is 0. The van der Waals surface area contributed by atoms with Crippen molar-refractivity contribution in [3.63, 3.8) is 0 Å². The fourth-order valence-corrected chi connectivity index (χ4v) is 10.7. The first-order valence-corrected chi connectivity index (χ1v) is 28.4. The SMILES string of the molecule is Cc1ccc(OCCSc2ncc(OC/C(N)=C/N(N)CCOCCOCCOCCOCCOc3cc(-c4scnc4C)ccc3CNC(=O)C3CCCN3C(=O)C(C(C)C)N3Cc4ccccc4C3=O)cn2)c(Br)c1. The van der Waals surface area contributed by atoms with Crippen LogP contribution in [0.3, 0.4) is 0 Å². The minimum absolute atomic E-state index is 0.115. The Kier molecular flexibility index (Phi) is 23.2. The third kappa shape index (κ3) is 17.6. The van der Waals surface area contributed by atoms with Gasteiger partial charge in [-0.25, -0.2) is 20.8 Å². The monoisotopic (exact) mass is 1160 g/mol. The van der Waals surface area contributed by atoms with Crippen LogP contribution in [0.15, 0.2) is 100 Å². The quantitative estimate of drug-likeness (QED) is 0.0130. The van der Waals surface area contributed by atoms with E-state index in [9.17, 15) is 14.4 Å². The van der Waals surface area contributed by atoms with E-state index in [-0.39, 0.29) is 43.4 Å². The topological polar surface area (TPSA) is 228 Å². The van der Waals surface area contributed by atoms with Crippen molar-refractivity contribution < 1.29 is 47.5 Å². The minimum atomic E-state index is -0.680. The Labute approximate surface area is 467 Å². The first-order valence-electron chi connectivity index (χ1n) is 25.7. The van der Waals surface area contributed by atoms with Crippen molar-refractivity contribution in [1.82, 2.24) is 35.1 Å². The highest BCUT2D eigenvalue weighted by Crippen LogP contribution is 2.34. The molecule has 0 saturated carbocycles. The van der Waals surface area contributed by atoms with Gasteiger partial charge in [-0.1, -0.05) is 62.0 Å². The lowest BCUT2D eigenvalue weighted by Crippen LogP contribution is -2.55. The van der Waals surface area contributed by atoms with Crippen molar-refractivity contribution in [3.05, 3.63) is 123 Å². The molecule has 1 fully saturated rings. The lowest BCUT2D eigenvalue weighted by Gasteiger charge is -2.35. The third-order valence-corrected chi connectivity index (χ3v) is 15.0. The van der Waals surface area contributed by atoms with Gasteiger partial charge in [0, 0.05) is 42.7 Å². The minimum Gasteiger partial charge on any atom is -0.492 e. The lowest BCUT2D eigenvalue weighted by molar-refractivity contribution is -0.143. The fourth-order valence-electron chi connectivity index (χ4n) is 8.69. The molecule has 3 aromatic carbocycles. The molecule has 0 bridgehead atoms. The number of aryl methyl sites for hydroxylation is 2. The number of thioether (sulfide) groups is 1. The summed E-state index contributed by atoms with van der Waals surface area (Å²) < 4.78 is 41.5. The molecule has 22 heteroatoms. The van der Waals surface area contributed by atoms with Crippen LogP contribution >= 0.6 is 39.0 Å². The average Bonchev–Trinajstić information content (AvgIpc) is 4.18. The molecular formula is C55H70BrN9O10S2. The number of carbonyl (C=O) groups excluding carboxylic acids is 3. The Morgan fingerprint density at radius 2 is 1.58 bits per heavy atom. The molecule has 3 amide bonds. The number of hydrogen-bond donors (Lipinski definition) is 3. The number of ether oxygens (including phenoxy) is 7. The van der Waals surface area contributed by atoms with Crippen molar-refractivity contribution in [2.45, 2.75) is 70.9 Å². The van der Waals surface area contributed by atoms with Gasteiger partial charge in [0.2, 0.25) is 11.8 Å². The van der Waals surface area contributed by atoms with Crippen molar-refractivity contribution in [1.29, 1.82) is 0 Å². The van der Waals surface area contributed by atoms with E-state index in [2.05, 4.69) is 36.2 Å². The summed E-state index contributed by atoms with van der Waals surface area (Å²) in [5.74, 6) is 7.92. The van der Waals surface area contributed by atoms with Crippen molar-refractivity contribution in [3.8, 4) is 27.7 Å². The fraction of sp³-hybridized carbons (Fsp3) is 0.455. The molecule has 5 aromatic rings. The van der Waals surface area contributed by atoms with Gasteiger partial charge in [0.05, 0.1) is 105 Å². The number of benzene rings is 3. The van der Waals surface area contributed by atoms with Crippen LogP contribution in [0.25, 0.3) is 10.4 Å². The number of hydrazine groups is 1. The van der Waals surface area contributed by atoms with Crippen LogP contribution in [0.1, 0.15) is 59.4 Å². The summed E-state index contributed by atoms with van der Waals surface area (Å²) in [6.07, 6.45) is 6.04. The number of nitrogens with one attached hydrogen (secondary N) is 1. The molecule has 4 heterocycles. The molecule has 19 nitrogen and oxygen atoms in total. The Bertz CT molecular complexity index is 2730. The number of amides is 3. The molecule has 2 aliphatic rings. The maximum Gasteiger partial charge on any atom is 0.255 e. The van der Waals surface area contributed by atoms with Crippen LogP contribution < -0.4 is 31.1 Å². The van der Waals surface area contributed by atoms with E-state index in [0.717, 1.165) is 43.0 Å². The maximum atomic E-state index is 14.2. The second-order valence-electron chi connectivity index (χ2n) is 18.6. The smallest absolute Gasteiger partial charge is 0.255 e. The molecule has 0 aliphatic carbocycles. The average molecular weight is 1160 g/mol. The van der Waals surface area contributed by atoms with E-state index in [1.807, 2.05) is 87.8 Å². The molecule has 7 rings (SSSR count). The second kappa shape index (κ2) is 30.3. The van der Waals surface area contributed by atoms with E-state index in [1.54, 1.807) is 45.8 Å². The van der Waals surface area contributed by atoms with E-state index in [4.69, 9.17) is 44.7 Å². The summed E-state index contributed by atoms with van der Waals surface area (Å²) in [4.78, 5) is 58.9. The highest BCUT2D eigenvalue weighted by Gasteiger charge is 2.43. The number of nitrogens with zero attached hydrogens (tertiary/aromatic N) is 6. The highest BCUT2D eigenvalue weighted by atomic mass is 79.9. The molecule has 2 atom stereocenters. The van der Waals surface area contributed by atoms with Crippen LogP contribution in [0.2, 0.25) is 0 Å². The van der Waals surface area contributed by atoms with Crippen molar-refractivity contribution in [2.24, 2.45) is 17.5 Å². The molecular weight excluding hydrogens is 1090 g/mol. The number of carbonyl (C=O) groups is 3. The molecule has 0 spiro atoms. The normalized spacial score (nSPS) is 14.8. The Balaban J connectivity index is 0.729. The molecule has 77 heavy (non-hydrogen) atoms. The number of aromatic nitrogens is 3. The molecule has 0 radical (unpaired) electrons. The van der Waals surface area contributed by atoms with Crippen LogP contribution in [-0.4, -0.2) is 151 Å². The molecule has 414 valence electrons. The van der Waals surface area contributed by atoms with Gasteiger partial charge in [-0.15, -0.1) is 11.3 Å². The molecule has 2 aromatic heterocycles.